The highest BCUT2D eigenvalue weighted by Crippen LogP contribution is 2.33. The van der Waals surface area contributed by atoms with Gasteiger partial charge in [0.1, 0.15) is 30.3 Å². The molecule has 3 saturated heterocycles. The van der Waals surface area contributed by atoms with Crippen LogP contribution >= 0.6 is 0 Å². The largest absolute Gasteiger partial charge is 0.455 e. The lowest BCUT2D eigenvalue weighted by Gasteiger charge is -2.33. The number of hydrogen-bond donors (Lipinski definition) is 3. The molecule has 0 aliphatic carbocycles. The first-order valence-electron chi connectivity index (χ1n) is 19.3. The second-order valence-corrected chi connectivity index (χ2v) is 14.5. The molecule has 2 aromatic carbocycles. The Morgan fingerprint density at radius 1 is 1.05 bits per heavy atom. The van der Waals surface area contributed by atoms with E-state index >= 15 is 0 Å². The van der Waals surface area contributed by atoms with Crippen LogP contribution in [0.1, 0.15) is 64.4 Å². The first-order valence-corrected chi connectivity index (χ1v) is 19.3. The van der Waals surface area contributed by atoms with E-state index in [1.807, 2.05) is 55.5 Å². The molecule has 6 rings (SSSR count). The second-order valence-electron chi connectivity index (χ2n) is 14.5. The number of likely N-dealkylation sites (tertiary alicyclic amines) is 1. The predicted octanol–water partition coefficient (Wildman–Crippen LogP) is 1.47. The van der Waals surface area contributed by atoms with E-state index in [1.165, 1.54) is 16.7 Å². The maximum Gasteiger partial charge on any atom is 0.329 e. The van der Waals surface area contributed by atoms with Crippen LogP contribution in [0, 0.1) is 10.1 Å². The third-order valence-electron chi connectivity index (χ3n) is 10.5. The number of carbonyl (C=O) groups is 5. The molecule has 7 atom stereocenters. The summed E-state index contributed by atoms with van der Waals surface area (Å²) in [5, 5.41) is 27.0. The molecule has 58 heavy (non-hydrogen) atoms. The van der Waals surface area contributed by atoms with Crippen molar-refractivity contribution >= 4 is 29.6 Å². The fourth-order valence-electron chi connectivity index (χ4n) is 7.60. The van der Waals surface area contributed by atoms with Gasteiger partial charge in [0, 0.05) is 31.5 Å². The fourth-order valence-corrected chi connectivity index (χ4v) is 7.60. The monoisotopic (exact) mass is 805 g/mol. The Bertz CT molecular complexity index is 1950. The number of fused-ring (bicyclic) bond motifs is 1. The smallest absolute Gasteiger partial charge is 0.329 e. The lowest BCUT2D eigenvalue weighted by atomic mass is 9.98. The minimum atomic E-state index is -1.16. The van der Waals surface area contributed by atoms with Gasteiger partial charge in [-0.05, 0) is 54.5 Å². The molecule has 3 aromatic rings. The zero-order chi connectivity index (χ0) is 41.3. The third kappa shape index (κ3) is 9.74. The number of hydrogen-bond acceptors (Lipinski definition) is 14. The number of unbranched alkanes of at least 4 members (excludes halogenated alkanes) is 1. The molecule has 4 amide bonds. The van der Waals surface area contributed by atoms with Crippen LogP contribution in [-0.4, -0.2) is 127 Å². The second kappa shape index (κ2) is 18.9. The van der Waals surface area contributed by atoms with E-state index in [4.69, 9.17) is 19.9 Å². The topological polar surface area (TPSA) is 264 Å². The zero-order valence-electron chi connectivity index (χ0n) is 32.2. The Hall–Kier alpha value is -6.02. The highest BCUT2D eigenvalue weighted by molar-refractivity contribution is 5.94. The lowest BCUT2D eigenvalue weighted by Crippen LogP contribution is -2.56. The molecule has 4 heterocycles. The van der Waals surface area contributed by atoms with Gasteiger partial charge in [0.15, 0.2) is 12.2 Å². The van der Waals surface area contributed by atoms with Gasteiger partial charge in [-0.25, -0.2) is 4.79 Å². The fraction of sp³-hybridized carbons (Fsp3) is 0.526. The van der Waals surface area contributed by atoms with Crippen LogP contribution in [-0.2, 0) is 49.6 Å². The van der Waals surface area contributed by atoms with Crippen molar-refractivity contribution in [2.45, 2.75) is 108 Å². The van der Waals surface area contributed by atoms with Crippen LogP contribution in [0.25, 0.3) is 22.5 Å². The van der Waals surface area contributed by atoms with Gasteiger partial charge in [0.2, 0.25) is 29.5 Å². The summed E-state index contributed by atoms with van der Waals surface area (Å²) in [7, 11) is 0. The maximum atomic E-state index is 14.1. The van der Waals surface area contributed by atoms with Crippen molar-refractivity contribution in [1.82, 2.24) is 35.7 Å². The normalized spacial score (nSPS) is 22.1. The number of tetrazole rings is 1. The number of aromatic amines is 1. The number of H-pyrrole nitrogens is 1. The van der Waals surface area contributed by atoms with Crippen molar-refractivity contribution in [2.75, 3.05) is 19.8 Å². The first-order chi connectivity index (χ1) is 27.9. The standard InChI is InChI=1S/C38H47N9O11/c1-3-4-11-32(49)46(19-23-12-14-24(15-13-23)25-8-5-6-9-26(25)35-41-43-44-42-35)27(16-17-31(39)48)36(50)40-22(2)37(51)45-18-7-10-28(45)38(52)57-29-20-55-34-30(58-47(53)54)21-56-33(29)34/h5-6,8-9,12-15,22,27-30,33-34H,3-4,7,10-11,16-21H2,1-2H3,(H2,39,48)(H,40,50)(H,41,42,43,44)/t22-,27-,28-,29?,30?,33+,34+/m0/s1. The molecule has 3 aliphatic heterocycles. The Morgan fingerprint density at radius 3 is 2.43 bits per heavy atom. The predicted molar refractivity (Wildman–Crippen MR) is 201 cm³/mol. The number of nitrogens with two attached hydrogens (primary N) is 1. The number of nitrogens with zero attached hydrogens (tertiary/aromatic N) is 6. The number of carbonyl (C=O) groups excluding carboxylic acids is 5. The van der Waals surface area contributed by atoms with E-state index in [-0.39, 0.29) is 51.5 Å². The van der Waals surface area contributed by atoms with Gasteiger partial charge in [-0.1, -0.05) is 61.9 Å². The van der Waals surface area contributed by atoms with E-state index in [0.717, 1.165) is 23.1 Å². The number of amides is 4. The van der Waals surface area contributed by atoms with Crippen molar-refractivity contribution in [3.05, 3.63) is 64.2 Å². The molecule has 310 valence electrons. The maximum absolute atomic E-state index is 14.1. The van der Waals surface area contributed by atoms with Crippen LogP contribution in [0.15, 0.2) is 48.5 Å². The molecular weight excluding hydrogens is 758 g/mol. The van der Waals surface area contributed by atoms with Crippen LogP contribution in [0.3, 0.4) is 0 Å². The van der Waals surface area contributed by atoms with Crippen LogP contribution in [0.5, 0.6) is 0 Å². The van der Waals surface area contributed by atoms with E-state index in [2.05, 4.69) is 30.8 Å². The first kappa shape index (κ1) is 41.6. The van der Waals surface area contributed by atoms with Gasteiger partial charge >= 0.3 is 5.97 Å². The van der Waals surface area contributed by atoms with Crippen molar-refractivity contribution in [1.29, 1.82) is 0 Å². The Morgan fingerprint density at radius 2 is 1.76 bits per heavy atom. The summed E-state index contributed by atoms with van der Waals surface area (Å²) in [6, 6.07) is 11.8. The molecular formula is C38H47N9O11. The molecule has 4 N–H and O–H groups in total. The molecule has 3 fully saturated rings. The van der Waals surface area contributed by atoms with Crippen molar-refractivity contribution < 1.29 is 48.1 Å². The van der Waals surface area contributed by atoms with E-state index in [0.29, 0.717) is 30.7 Å². The number of ether oxygens (including phenoxy) is 3. The summed E-state index contributed by atoms with van der Waals surface area (Å²) in [6.07, 6.45) is -1.40. The highest BCUT2D eigenvalue weighted by Gasteiger charge is 2.52. The van der Waals surface area contributed by atoms with Crippen LogP contribution in [0.2, 0.25) is 0 Å². The number of benzene rings is 2. The Kier molecular flexibility index (Phi) is 13.6. The average molecular weight is 806 g/mol. The van der Waals surface area contributed by atoms with Gasteiger partial charge in [-0.15, -0.1) is 20.3 Å². The molecule has 0 radical (unpaired) electrons. The van der Waals surface area contributed by atoms with Crippen molar-refractivity contribution in [3.63, 3.8) is 0 Å². The van der Waals surface area contributed by atoms with Gasteiger partial charge in [-0.2, -0.15) is 5.21 Å². The van der Waals surface area contributed by atoms with Gasteiger partial charge < -0.3 is 39.9 Å². The molecule has 0 spiro atoms. The molecule has 0 saturated carbocycles. The highest BCUT2D eigenvalue weighted by atomic mass is 17.0. The summed E-state index contributed by atoms with van der Waals surface area (Å²) in [5.41, 5.74) is 8.72. The molecule has 20 nitrogen and oxygen atoms in total. The van der Waals surface area contributed by atoms with Crippen molar-refractivity contribution in [2.24, 2.45) is 5.73 Å². The summed E-state index contributed by atoms with van der Waals surface area (Å²) in [6.45, 7) is 3.51. The lowest BCUT2D eigenvalue weighted by molar-refractivity contribution is -0.769. The van der Waals surface area contributed by atoms with Crippen LogP contribution < -0.4 is 11.1 Å². The quantitative estimate of drug-likeness (QED) is 0.0934. The number of rotatable bonds is 18. The van der Waals surface area contributed by atoms with Crippen molar-refractivity contribution in [3.8, 4) is 22.5 Å². The summed E-state index contributed by atoms with van der Waals surface area (Å²) < 4.78 is 16.9. The Balaban J connectivity index is 1.14. The minimum Gasteiger partial charge on any atom is -0.455 e. The van der Waals surface area contributed by atoms with E-state index in [9.17, 15) is 34.1 Å². The summed E-state index contributed by atoms with van der Waals surface area (Å²) in [4.78, 5) is 85.4. The minimum absolute atomic E-state index is 0.0316. The van der Waals surface area contributed by atoms with E-state index < -0.39 is 71.3 Å². The molecule has 3 aliphatic rings. The molecule has 2 unspecified atom stereocenters. The third-order valence-corrected chi connectivity index (χ3v) is 10.5. The van der Waals surface area contributed by atoms with Gasteiger partial charge in [0.25, 0.3) is 5.09 Å². The number of esters is 1. The molecule has 0 bridgehead atoms. The number of nitrogens with one attached hydrogen (secondary N) is 2. The van der Waals surface area contributed by atoms with Gasteiger partial charge in [0.05, 0.1) is 13.2 Å². The summed E-state index contributed by atoms with van der Waals surface area (Å²) >= 11 is 0. The summed E-state index contributed by atoms with van der Waals surface area (Å²) in [5.74, 6) is -2.43. The molecule has 1 aromatic heterocycles. The number of aromatic nitrogens is 4. The average Bonchev–Trinajstić information content (AvgIpc) is 4.04. The van der Waals surface area contributed by atoms with E-state index in [1.54, 1.807) is 0 Å². The SMILES string of the molecule is CCCCC(=O)N(Cc1ccc(-c2ccccc2-c2nn[nH]n2)cc1)[C@@H](CCC(N)=O)C(=O)N[C@@H](C)C(=O)N1CCC[C@H]1C(=O)OC1CO[C@@H]2C(O[N+](=O)[O-])CO[C@H]12. The number of primary amides is 1. The van der Waals surface area contributed by atoms with Gasteiger partial charge in [-0.3, -0.25) is 19.2 Å². The molecule has 20 heteroatoms. The zero-order valence-corrected chi connectivity index (χ0v) is 32.2. The van der Waals surface area contributed by atoms with Crippen LogP contribution in [0.4, 0.5) is 0 Å². The Labute approximate surface area is 333 Å².